The number of carbonyl (C=O) groups excluding carboxylic acids is 1. The molecule has 1 amide bonds. The highest BCUT2D eigenvalue weighted by atomic mass is 32.1. The lowest BCUT2D eigenvalue weighted by Gasteiger charge is -2.33. The summed E-state index contributed by atoms with van der Waals surface area (Å²) in [6, 6.07) is 3.64. The van der Waals surface area contributed by atoms with Crippen molar-refractivity contribution in [1.82, 2.24) is 20.1 Å². The predicted octanol–water partition coefficient (Wildman–Crippen LogP) is 1.87. The van der Waals surface area contributed by atoms with E-state index in [2.05, 4.69) is 16.7 Å². The minimum atomic E-state index is -0.361. The van der Waals surface area contributed by atoms with E-state index in [1.807, 2.05) is 45.4 Å². The third-order valence-electron chi connectivity index (χ3n) is 4.55. The van der Waals surface area contributed by atoms with Gasteiger partial charge in [-0.2, -0.15) is 5.26 Å². The number of thiocarbonyl (C=S) groups is 1. The Morgan fingerprint density at radius 1 is 1.42 bits per heavy atom. The van der Waals surface area contributed by atoms with Gasteiger partial charge in [-0.15, -0.1) is 0 Å². The molecule has 0 spiro atoms. The van der Waals surface area contributed by atoms with Crippen LogP contribution in [0.4, 0.5) is 0 Å². The second-order valence-electron chi connectivity index (χ2n) is 5.79. The van der Waals surface area contributed by atoms with Gasteiger partial charge in [-0.25, -0.2) is 0 Å². The summed E-state index contributed by atoms with van der Waals surface area (Å²) in [6.45, 7) is 9.00. The SMILES string of the molecule is CCN(CC)C(=O)C1=C(C)NC(=S)N[C@@H]1c1cc(C#N)n(C)c1C. The van der Waals surface area contributed by atoms with Crippen LogP contribution in [0.25, 0.3) is 0 Å². The zero-order valence-electron chi connectivity index (χ0n) is 14.7. The van der Waals surface area contributed by atoms with Crippen molar-refractivity contribution in [3.63, 3.8) is 0 Å². The zero-order chi connectivity index (χ0) is 18.0. The highest BCUT2D eigenvalue weighted by Crippen LogP contribution is 2.31. The number of nitrogens with one attached hydrogen (secondary N) is 2. The topological polar surface area (TPSA) is 73.1 Å². The molecule has 6 nitrogen and oxygen atoms in total. The second-order valence-corrected chi connectivity index (χ2v) is 6.20. The summed E-state index contributed by atoms with van der Waals surface area (Å²) < 4.78 is 1.83. The molecule has 0 saturated heterocycles. The third-order valence-corrected chi connectivity index (χ3v) is 4.77. The summed E-state index contributed by atoms with van der Waals surface area (Å²) in [7, 11) is 1.85. The van der Waals surface area contributed by atoms with Crippen LogP contribution in [-0.2, 0) is 11.8 Å². The van der Waals surface area contributed by atoms with Gasteiger partial charge in [-0.1, -0.05) is 0 Å². The Labute approximate surface area is 148 Å². The Morgan fingerprint density at radius 3 is 2.54 bits per heavy atom. The van der Waals surface area contributed by atoms with Crippen molar-refractivity contribution < 1.29 is 4.79 Å². The maximum Gasteiger partial charge on any atom is 0.253 e. The number of carbonyl (C=O) groups is 1. The third kappa shape index (κ3) is 3.02. The molecule has 1 aliphatic rings. The van der Waals surface area contributed by atoms with Gasteiger partial charge in [0.25, 0.3) is 5.91 Å². The molecule has 0 bridgehead atoms. The largest absolute Gasteiger partial charge is 0.351 e. The first-order valence-corrected chi connectivity index (χ1v) is 8.40. The number of hydrogen-bond acceptors (Lipinski definition) is 3. The van der Waals surface area contributed by atoms with E-state index < -0.39 is 0 Å². The number of aromatic nitrogens is 1. The summed E-state index contributed by atoms with van der Waals surface area (Å²) in [4.78, 5) is 14.8. The first-order valence-electron chi connectivity index (χ1n) is 7.99. The minimum absolute atomic E-state index is 0.0215. The van der Waals surface area contributed by atoms with Crippen molar-refractivity contribution in [2.24, 2.45) is 7.05 Å². The minimum Gasteiger partial charge on any atom is -0.351 e. The Balaban J connectivity index is 2.58. The van der Waals surface area contributed by atoms with Gasteiger partial charge in [0.2, 0.25) is 0 Å². The van der Waals surface area contributed by atoms with Crippen LogP contribution >= 0.6 is 12.2 Å². The molecule has 0 aliphatic carbocycles. The quantitative estimate of drug-likeness (QED) is 0.815. The first kappa shape index (κ1) is 18.0. The van der Waals surface area contributed by atoms with Crippen molar-refractivity contribution in [3.05, 3.63) is 34.3 Å². The Hall–Kier alpha value is -2.33. The van der Waals surface area contributed by atoms with Crippen molar-refractivity contribution in [2.75, 3.05) is 13.1 Å². The summed E-state index contributed by atoms with van der Waals surface area (Å²) in [5.41, 5.74) is 3.79. The molecule has 128 valence electrons. The molecule has 7 heteroatoms. The molecule has 0 saturated carbocycles. The molecule has 1 aromatic heterocycles. The van der Waals surface area contributed by atoms with Gasteiger partial charge in [-0.3, -0.25) is 4.79 Å². The van der Waals surface area contributed by atoms with E-state index in [-0.39, 0.29) is 11.9 Å². The fourth-order valence-corrected chi connectivity index (χ4v) is 3.29. The summed E-state index contributed by atoms with van der Waals surface area (Å²) in [5, 5.41) is 16.0. The lowest BCUT2D eigenvalue weighted by Crippen LogP contribution is -2.47. The van der Waals surface area contributed by atoms with Crippen molar-refractivity contribution in [2.45, 2.75) is 33.7 Å². The van der Waals surface area contributed by atoms with Crippen molar-refractivity contribution >= 4 is 23.2 Å². The molecule has 1 aliphatic heterocycles. The summed E-state index contributed by atoms with van der Waals surface area (Å²) in [5.74, 6) is -0.0215. The van der Waals surface area contributed by atoms with Crippen molar-refractivity contribution in [1.29, 1.82) is 5.26 Å². The number of rotatable bonds is 4. The monoisotopic (exact) mass is 345 g/mol. The molecule has 0 fully saturated rings. The lowest BCUT2D eigenvalue weighted by atomic mass is 9.94. The fraction of sp³-hybridized carbons (Fsp3) is 0.471. The molecule has 0 radical (unpaired) electrons. The maximum atomic E-state index is 13.0. The van der Waals surface area contributed by atoms with Gasteiger partial charge >= 0.3 is 0 Å². The average Bonchev–Trinajstić information content (AvgIpc) is 2.83. The van der Waals surface area contributed by atoms with E-state index >= 15 is 0 Å². The first-order chi connectivity index (χ1) is 11.3. The zero-order valence-corrected chi connectivity index (χ0v) is 15.5. The average molecular weight is 345 g/mol. The highest BCUT2D eigenvalue weighted by Gasteiger charge is 2.33. The number of nitrogens with zero attached hydrogens (tertiary/aromatic N) is 3. The van der Waals surface area contributed by atoms with Crippen LogP contribution in [-0.4, -0.2) is 33.6 Å². The van der Waals surface area contributed by atoms with E-state index in [1.165, 1.54) is 0 Å². The standard InChI is InChI=1S/C17H23N5OS/c1-6-22(7-2)16(23)14-10(3)19-17(24)20-15(14)13-8-12(9-18)21(5)11(13)4/h8,15H,6-7H2,1-5H3,(H2,19,20,24)/t15-/m1/s1. The molecular formula is C17H23N5OS. The fourth-order valence-electron chi connectivity index (χ4n) is 3.01. The van der Waals surface area contributed by atoms with E-state index in [0.29, 0.717) is 29.5 Å². The van der Waals surface area contributed by atoms with Gasteiger partial charge in [0.1, 0.15) is 11.8 Å². The number of amides is 1. The maximum absolute atomic E-state index is 13.0. The van der Waals surface area contributed by atoms with Gasteiger partial charge in [0.05, 0.1) is 11.6 Å². The molecular weight excluding hydrogens is 322 g/mol. The van der Waals surface area contributed by atoms with Crippen LogP contribution < -0.4 is 10.6 Å². The number of hydrogen-bond donors (Lipinski definition) is 2. The molecule has 0 unspecified atom stereocenters. The van der Waals surface area contributed by atoms with Crippen LogP contribution in [0, 0.1) is 18.3 Å². The van der Waals surface area contributed by atoms with Crippen LogP contribution in [0.3, 0.4) is 0 Å². The second kappa shape index (κ2) is 7.05. The summed E-state index contributed by atoms with van der Waals surface area (Å²) in [6.07, 6.45) is 0. The van der Waals surface area contributed by atoms with Crippen LogP contribution in [0.2, 0.25) is 0 Å². The van der Waals surface area contributed by atoms with E-state index in [1.54, 1.807) is 4.90 Å². The molecule has 2 heterocycles. The van der Waals surface area contributed by atoms with Crippen molar-refractivity contribution in [3.8, 4) is 6.07 Å². The van der Waals surface area contributed by atoms with Crippen LogP contribution in [0.1, 0.15) is 43.8 Å². The molecule has 2 N–H and O–H groups in total. The molecule has 1 aromatic rings. The smallest absolute Gasteiger partial charge is 0.253 e. The highest BCUT2D eigenvalue weighted by molar-refractivity contribution is 7.80. The Kier molecular flexibility index (Phi) is 5.30. The summed E-state index contributed by atoms with van der Waals surface area (Å²) >= 11 is 5.28. The van der Waals surface area contributed by atoms with Gasteiger partial charge in [0.15, 0.2) is 5.11 Å². The van der Waals surface area contributed by atoms with E-state index in [9.17, 15) is 10.1 Å². The predicted molar refractivity (Wildman–Crippen MR) is 97.1 cm³/mol. The van der Waals surface area contributed by atoms with Gasteiger partial charge in [0, 0.05) is 37.1 Å². The lowest BCUT2D eigenvalue weighted by molar-refractivity contribution is -0.127. The number of nitriles is 1. The Bertz CT molecular complexity index is 752. The van der Waals surface area contributed by atoms with E-state index in [4.69, 9.17) is 12.2 Å². The molecule has 2 rings (SSSR count). The van der Waals surface area contributed by atoms with Crippen LogP contribution in [0.5, 0.6) is 0 Å². The van der Waals surface area contributed by atoms with Gasteiger partial charge < -0.3 is 20.1 Å². The molecule has 1 atom stereocenters. The van der Waals surface area contributed by atoms with E-state index in [0.717, 1.165) is 17.0 Å². The number of allylic oxidation sites excluding steroid dienone is 1. The van der Waals surface area contributed by atoms with Gasteiger partial charge in [-0.05, 0) is 46.0 Å². The normalized spacial score (nSPS) is 17.2. The number of likely N-dealkylation sites (N-methyl/N-ethyl adjacent to an activating group) is 1. The Morgan fingerprint density at radius 2 is 2.04 bits per heavy atom. The van der Waals surface area contributed by atoms with Crippen LogP contribution in [0.15, 0.2) is 17.3 Å². The molecule has 24 heavy (non-hydrogen) atoms. The molecule has 0 aromatic carbocycles.